The van der Waals surface area contributed by atoms with E-state index in [9.17, 15) is 9.59 Å². The first-order valence-electron chi connectivity index (χ1n) is 9.22. The van der Waals surface area contributed by atoms with E-state index in [0.717, 1.165) is 5.56 Å². The minimum Gasteiger partial charge on any atom is -0.493 e. The second-order valence-corrected chi connectivity index (χ2v) is 6.87. The van der Waals surface area contributed by atoms with Gasteiger partial charge in [0.1, 0.15) is 12.4 Å². The fraction of sp³-hybridized carbons (Fsp3) is 0.333. The number of carbonyl (C=O) groups excluding carboxylic acids is 2. The minimum absolute atomic E-state index is 0.0817. The number of halogens is 1. The van der Waals surface area contributed by atoms with Crippen LogP contribution in [0.2, 0.25) is 5.02 Å². The summed E-state index contributed by atoms with van der Waals surface area (Å²) in [7, 11) is 3.11. The predicted molar refractivity (Wildman–Crippen MR) is 110 cm³/mol. The van der Waals surface area contributed by atoms with Crippen LogP contribution < -0.4 is 24.4 Å². The number of benzene rings is 2. The van der Waals surface area contributed by atoms with Gasteiger partial charge in [-0.15, -0.1) is 0 Å². The second kappa shape index (κ2) is 9.52. The molecule has 0 spiro atoms. The molecule has 0 bridgehead atoms. The standard InChI is InChI=1S/C21H23ClN2O5/c1-27-18-5-3-4-14(21(18)28-2)13-23-19(25)8-9-20(26)24-10-11-29-17-7-6-15(22)12-16(17)24/h3-7,12H,8-11,13H2,1-2H3,(H,23,25). The molecule has 0 fully saturated rings. The fourth-order valence-corrected chi connectivity index (χ4v) is 3.35. The van der Waals surface area contributed by atoms with Crippen molar-refractivity contribution in [2.45, 2.75) is 19.4 Å². The van der Waals surface area contributed by atoms with E-state index in [0.29, 0.717) is 41.1 Å². The van der Waals surface area contributed by atoms with E-state index in [1.165, 1.54) is 0 Å². The van der Waals surface area contributed by atoms with E-state index in [4.69, 9.17) is 25.8 Å². The number of hydrogen-bond acceptors (Lipinski definition) is 5. The molecule has 0 saturated heterocycles. The lowest BCUT2D eigenvalue weighted by Gasteiger charge is -2.29. The Morgan fingerprint density at radius 3 is 2.76 bits per heavy atom. The maximum Gasteiger partial charge on any atom is 0.227 e. The van der Waals surface area contributed by atoms with Crippen molar-refractivity contribution in [3.8, 4) is 17.2 Å². The fourth-order valence-electron chi connectivity index (χ4n) is 3.18. The molecule has 2 aromatic carbocycles. The first-order chi connectivity index (χ1) is 14.0. The molecule has 0 aliphatic carbocycles. The molecule has 0 atom stereocenters. The van der Waals surface area contributed by atoms with Crippen LogP contribution in [0.3, 0.4) is 0 Å². The van der Waals surface area contributed by atoms with Crippen molar-refractivity contribution < 1.29 is 23.8 Å². The Morgan fingerprint density at radius 1 is 1.17 bits per heavy atom. The lowest BCUT2D eigenvalue weighted by atomic mass is 10.1. The number of anilines is 1. The van der Waals surface area contributed by atoms with E-state index in [2.05, 4.69) is 5.32 Å². The number of hydrogen-bond donors (Lipinski definition) is 1. The van der Waals surface area contributed by atoms with Crippen molar-refractivity contribution >= 4 is 29.1 Å². The van der Waals surface area contributed by atoms with Crippen molar-refractivity contribution in [2.24, 2.45) is 0 Å². The van der Waals surface area contributed by atoms with E-state index in [1.54, 1.807) is 43.4 Å². The smallest absolute Gasteiger partial charge is 0.227 e. The third-order valence-electron chi connectivity index (χ3n) is 4.61. The van der Waals surface area contributed by atoms with Gasteiger partial charge in [0.2, 0.25) is 11.8 Å². The maximum absolute atomic E-state index is 12.6. The molecule has 154 valence electrons. The van der Waals surface area contributed by atoms with Gasteiger partial charge < -0.3 is 24.4 Å². The van der Waals surface area contributed by atoms with Gasteiger partial charge in [-0.05, 0) is 24.3 Å². The van der Waals surface area contributed by atoms with Crippen LogP contribution in [-0.2, 0) is 16.1 Å². The highest BCUT2D eigenvalue weighted by Crippen LogP contribution is 2.34. The molecule has 1 N–H and O–H groups in total. The molecular formula is C21H23ClN2O5. The first-order valence-corrected chi connectivity index (χ1v) is 9.60. The molecule has 3 rings (SSSR count). The molecule has 0 unspecified atom stereocenters. The number of ether oxygens (including phenoxy) is 3. The van der Waals surface area contributed by atoms with Gasteiger partial charge in [-0.3, -0.25) is 9.59 Å². The van der Waals surface area contributed by atoms with Gasteiger partial charge in [-0.2, -0.15) is 0 Å². The molecule has 0 radical (unpaired) electrons. The summed E-state index contributed by atoms with van der Waals surface area (Å²) in [5, 5.41) is 3.35. The van der Waals surface area contributed by atoms with Gasteiger partial charge in [0.25, 0.3) is 0 Å². The topological polar surface area (TPSA) is 77.1 Å². The van der Waals surface area contributed by atoms with Crippen LogP contribution in [0.4, 0.5) is 5.69 Å². The molecule has 0 saturated carbocycles. The summed E-state index contributed by atoms with van der Waals surface area (Å²) in [6.45, 7) is 1.11. The lowest BCUT2D eigenvalue weighted by molar-refractivity contribution is -0.125. The van der Waals surface area contributed by atoms with Crippen LogP contribution in [0.25, 0.3) is 0 Å². The average molecular weight is 419 g/mol. The molecule has 2 amide bonds. The van der Waals surface area contributed by atoms with E-state index >= 15 is 0 Å². The van der Waals surface area contributed by atoms with Crippen molar-refractivity contribution in [3.05, 3.63) is 47.0 Å². The lowest BCUT2D eigenvalue weighted by Crippen LogP contribution is -2.38. The zero-order valence-electron chi connectivity index (χ0n) is 16.4. The highest BCUT2D eigenvalue weighted by molar-refractivity contribution is 6.31. The van der Waals surface area contributed by atoms with Crippen LogP contribution >= 0.6 is 11.6 Å². The number of amides is 2. The van der Waals surface area contributed by atoms with E-state index in [1.807, 2.05) is 12.1 Å². The Labute approximate surface area is 174 Å². The molecule has 8 heteroatoms. The van der Waals surface area contributed by atoms with Crippen molar-refractivity contribution in [2.75, 3.05) is 32.3 Å². The van der Waals surface area contributed by atoms with Crippen LogP contribution in [0.1, 0.15) is 18.4 Å². The SMILES string of the molecule is COc1cccc(CNC(=O)CCC(=O)N2CCOc3ccc(Cl)cc32)c1OC. The minimum atomic E-state index is -0.220. The summed E-state index contributed by atoms with van der Waals surface area (Å²) in [6, 6.07) is 10.6. The van der Waals surface area contributed by atoms with Crippen molar-refractivity contribution in [1.29, 1.82) is 0 Å². The summed E-state index contributed by atoms with van der Waals surface area (Å²) in [4.78, 5) is 26.5. The average Bonchev–Trinajstić information content (AvgIpc) is 2.74. The number of carbonyl (C=O) groups is 2. The summed E-state index contributed by atoms with van der Waals surface area (Å²) >= 11 is 6.04. The Bertz CT molecular complexity index is 903. The Kier molecular flexibility index (Phi) is 6.82. The van der Waals surface area contributed by atoms with E-state index < -0.39 is 0 Å². The van der Waals surface area contributed by atoms with Crippen LogP contribution in [0, 0.1) is 0 Å². The molecule has 1 aliphatic heterocycles. The molecule has 7 nitrogen and oxygen atoms in total. The van der Waals surface area contributed by atoms with E-state index in [-0.39, 0.29) is 31.2 Å². The van der Waals surface area contributed by atoms with Crippen LogP contribution in [-0.4, -0.2) is 39.2 Å². The first kappa shape index (κ1) is 20.8. The summed E-state index contributed by atoms with van der Waals surface area (Å²) in [5.41, 5.74) is 1.43. The zero-order valence-corrected chi connectivity index (χ0v) is 17.1. The quantitative estimate of drug-likeness (QED) is 0.747. The zero-order chi connectivity index (χ0) is 20.8. The van der Waals surface area contributed by atoms with Crippen LogP contribution in [0.15, 0.2) is 36.4 Å². The summed E-state index contributed by atoms with van der Waals surface area (Å²) < 4.78 is 16.2. The third kappa shape index (κ3) is 4.92. The van der Waals surface area contributed by atoms with Crippen LogP contribution in [0.5, 0.6) is 17.2 Å². The number of para-hydroxylation sites is 1. The number of nitrogens with one attached hydrogen (secondary N) is 1. The highest BCUT2D eigenvalue weighted by atomic mass is 35.5. The molecule has 2 aromatic rings. The van der Waals surface area contributed by atoms with Gasteiger partial charge in [0, 0.05) is 30.0 Å². The normalized spacial score (nSPS) is 12.6. The van der Waals surface area contributed by atoms with Gasteiger partial charge in [0.15, 0.2) is 11.5 Å². The molecule has 29 heavy (non-hydrogen) atoms. The predicted octanol–water partition coefficient (Wildman–Crippen LogP) is 3.18. The largest absolute Gasteiger partial charge is 0.493 e. The Hall–Kier alpha value is -2.93. The van der Waals surface area contributed by atoms with Crippen molar-refractivity contribution in [3.63, 3.8) is 0 Å². The molecule has 1 aliphatic rings. The number of rotatable bonds is 7. The maximum atomic E-state index is 12.6. The number of fused-ring (bicyclic) bond motifs is 1. The molecule has 0 aromatic heterocycles. The summed E-state index contributed by atoms with van der Waals surface area (Å²) in [6.07, 6.45) is 0.172. The van der Waals surface area contributed by atoms with Gasteiger partial charge in [-0.25, -0.2) is 0 Å². The molecular weight excluding hydrogens is 396 g/mol. The molecule has 1 heterocycles. The van der Waals surface area contributed by atoms with Gasteiger partial charge in [-0.1, -0.05) is 23.7 Å². The number of nitrogens with zero attached hydrogens (tertiary/aromatic N) is 1. The Morgan fingerprint density at radius 2 is 2.00 bits per heavy atom. The van der Waals surface area contributed by atoms with Crippen molar-refractivity contribution in [1.82, 2.24) is 5.32 Å². The summed E-state index contributed by atoms with van der Waals surface area (Å²) in [5.74, 6) is 1.42. The monoisotopic (exact) mass is 418 g/mol. The van der Waals surface area contributed by atoms with Gasteiger partial charge in [0.05, 0.1) is 26.5 Å². The second-order valence-electron chi connectivity index (χ2n) is 6.44. The third-order valence-corrected chi connectivity index (χ3v) is 4.85. The number of methoxy groups -OCH3 is 2. The highest BCUT2D eigenvalue weighted by Gasteiger charge is 2.24. The van der Waals surface area contributed by atoms with Gasteiger partial charge >= 0.3 is 0 Å². The Balaban J connectivity index is 1.56.